The van der Waals surface area contributed by atoms with Crippen LogP contribution >= 0.6 is 0 Å². The number of hydrogen-bond donors (Lipinski definition) is 1. The van der Waals surface area contributed by atoms with Crippen LogP contribution in [-0.4, -0.2) is 53.6 Å². The number of anilines is 1. The van der Waals surface area contributed by atoms with E-state index >= 15 is 0 Å². The first-order chi connectivity index (χ1) is 13.9. The molecule has 1 aromatic rings. The molecule has 2 amide bonds. The summed E-state index contributed by atoms with van der Waals surface area (Å²) in [5.74, 6) is -2.72. The summed E-state index contributed by atoms with van der Waals surface area (Å²) in [5.41, 5.74) is 2.58. The molecule has 0 aliphatic carbocycles. The van der Waals surface area contributed by atoms with Gasteiger partial charge in [0, 0.05) is 6.04 Å². The summed E-state index contributed by atoms with van der Waals surface area (Å²) in [6.45, 7) is 7.10. The van der Waals surface area contributed by atoms with Gasteiger partial charge < -0.3 is 9.47 Å². The third-order valence-corrected chi connectivity index (χ3v) is 4.48. The fourth-order valence-electron chi connectivity index (χ4n) is 3.07. The van der Waals surface area contributed by atoms with Crippen LogP contribution < -0.4 is 5.43 Å². The van der Waals surface area contributed by atoms with Gasteiger partial charge in [0.15, 0.2) is 0 Å². The van der Waals surface area contributed by atoms with Crippen LogP contribution in [0.3, 0.4) is 0 Å². The van der Waals surface area contributed by atoms with Crippen LogP contribution in [0.2, 0.25) is 0 Å². The Morgan fingerprint density at radius 1 is 1.00 bits per heavy atom. The third-order valence-electron chi connectivity index (χ3n) is 4.48. The Balaban J connectivity index is 0.00000450. The van der Waals surface area contributed by atoms with Gasteiger partial charge in [-0.05, 0) is 38.8 Å². The molecule has 9 nitrogen and oxygen atoms in total. The Morgan fingerprint density at radius 3 is 2.07 bits per heavy atom. The minimum atomic E-state index is -0.952. The van der Waals surface area contributed by atoms with Crippen LogP contribution in [0.15, 0.2) is 23.3 Å². The molecule has 0 saturated carbocycles. The molecule has 0 radical (unpaired) electrons. The number of hydrogen-bond acceptors (Lipinski definition) is 8. The van der Waals surface area contributed by atoms with Gasteiger partial charge in [0.05, 0.1) is 30.0 Å². The predicted octanol–water partition coefficient (Wildman–Crippen LogP) is 2.36. The molecule has 1 heterocycles. The van der Waals surface area contributed by atoms with E-state index in [4.69, 9.17) is 9.47 Å². The zero-order chi connectivity index (χ0) is 21.6. The molecular formula is C20H25N3NiO6+2. The molecule has 0 aromatic heterocycles. The number of imide groups is 1. The average molecular weight is 462 g/mol. The van der Waals surface area contributed by atoms with Crippen molar-refractivity contribution in [3.05, 3.63) is 29.3 Å². The second-order valence-corrected chi connectivity index (χ2v) is 6.19. The fourth-order valence-corrected chi connectivity index (χ4v) is 3.07. The van der Waals surface area contributed by atoms with E-state index in [1.807, 2.05) is 13.8 Å². The summed E-state index contributed by atoms with van der Waals surface area (Å²) in [4.78, 5) is 51.0. The van der Waals surface area contributed by atoms with Crippen molar-refractivity contribution < 1.29 is 45.1 Å². The molecule has 0 fully saturated rings. The molecule has 1 aromatic carbocycles. The Kier molecular flexibility index (Phi) is 9.66. The molecule has 0 saturated heterocycles. The van der Waals surface area contributed by atoms with E-state index in [-0.39, 0.29) is 58.5 Å². The maximum Gasteiger partial charge on any atom is 2.00 e. The van der Waals surface area contributed by atoms with Gasteiger partial charge in [0.25, 0.3) is 17.5 Å². The van der Waals surface area contributed by atoms with Crippen molar-refractivity contribution in [1.29, 1.82) is 0 Å². The molecule has 10 heteroatoms. The summed E-state index contributed by atoms with van der Waals surface area (Å²) in [6.07, 6.45) is 1.28. The van der Waals surface area contributed by atoms with Crippen molar-refractivity contribution in [1.82, 2.24) is 4.90 Å². The van der Waals surface area contributed by atoms with Gasteiger partial charge >= 0.3 is 28.4 Å². The summed E-state index contributed by atoms with van der Waals surface area (Å²) >= 11 is 0. The molecule has 1 aliphatic heterocycles. The van der Waals surface area contributed by atoms with Crippen molar-refractivity contribution in [2.45, 2.75) is 46.6 Å². The number of nitrogens with zero attached hydrogens (tertiary/aromatic N) is 2. The quantitative estimate of drug-likeness (QED) is 0.150. The van der Waals surface area contributed by atoms with Crippen molar-refractivity contribution in [3.63, 3.8) is 0 Å². The van der Waals surface area contributed by atoms with Crippen LogP contribution in [0.25, 0.3) is 0 Å². The van der Waals surface area contributed by atoms with Gasteiger partial charge in [-0.15, -0.1) is 0 Å². The van der Waals surface area contributed by atoms with Gasteiger partial charge in [-0.1, -0.05) is 19.9 Å². The molecule has 0 atom stereocenters. The standard InChI is InChI=1S/C20H25N3O6.Ni/c1-5-12(6-2)23-17(24)13-10-9-11-14(15(13)18(23)25)21-22-16(19(26)28-7-3)20(27)29-8-4;/h9-12,21H,5-8H2,1-4H3;/q;+2. The first kappa shape index (κ1) is 25.3. The largest absolute Gasteiger partial charge is 2.00 e. The van der Waals surface area contributed by atoms with E-state index in [0.29, 0.717) is 12.8 Å². The van der Waals surface area contributed by atoms with Crippen LogP contribution in [0.1, 0.15) is 61.3 Å². The Labute approximate surface area is 185 Å². The number of hydrazone groups is 1. The molecule has 0 spiro atoms. The van der Waals surface area contributed by atoms with Crippen LogP contribution in [0, 0.1) is 0 Å². The second-order valence-electron chi connectivity index (χ2n) is 6.19. The number of carbonyl (C=O) groups is 4. The van der Waals surface area contributed by atoms with E-state index in [9.17, 15) is 19.2 Å². The molecule has 1 aliphatic rings. The zero-order valence-corrected chi connectivity index (χ0v) is 18.3. The monoisotopic (exact) mass is 461 g/mol. The number of benzene rings is 1. The number of fused-ring (bicyclic) bond motifs is 1. The normalized spacial score (nSPS) is 12.2. The molecule has 1 N–H and O–H groups in total. The summed E-state index contributed by atoms with van der Waals surface area (Å²) in [6, 6.07) is 4.47. The van der Waals surface area contributed by atoms with Crippen LogP contribution in [0.5, 0.6) is 0 Å². The second kappa shape index (κ2) is 11.4. The van der Waals surface area contributed by atoms with E-state index in [2.05, 4.69) is 10.5 Å². The van der Waals surface area contributed by atoms with E-state index in [0.717, 1.165) is 0 Å². The minimum Gasteiger partial charge on any atom is -0.461 e. The predicted molar refractivity (Wildman–Crippen MR) is 106 cm³/mol. The van der Waals surface area contributed by atoms with Gasteiger partial charge in [0.1, 0.15) is 0 Å². The Morgan fingerprint density at radius 2 is 1.57 bits per heavy atom. The van der Waals surface area contributed by atoms with Gasteiger partial charge in [-0.3, -0.25) is 19.9 Å². The molecule has 164 valence electrons. The van der Waals surface area contributed by atoms with E-state index in [1.54, 1.807) is 26.0 Å². The van der Waals surface area contributed by atoms with Crippen molar-refractivity contribution in [2.24, 2.45) is 5.10 Å². The number of carbonyl (C=O) groups excluding carboxylic acids is 4. The summed E-state index contributed by atoms with van der Waals surface area (Å²) in [7, 11) is 0. The number of ether oxygens (including phenoxy) is 2. The van der Waals surface area contributed by atoms with Crippen molar-refractivity contribution >= 4 is 35.2 Å². The first-order valence-corrected chi connectivity index (χ1v) is 9.59. The minimum absolute atomic E-state index is 0. The number of rotatable bonds is 9. The van der Waals surface area contributed by atoms with Crippen LogP contribution in [0.4, 0.5) is 5.69 Å². The molecule has 0 bridgehead atoms. The fraction of sp³-hybridized carbons (Fsp3) is 0.450. The maximum absolute atomic E-state index is 12.9. The zero-order valence-electron chi connectivity index (χ0n) is 17.3. The summed E-state index contributed by atoms with van der Waals surface area (Å²) < 4.78 is 9.66. The maximum atomic E-state index is 12.9. The number of esters is 2. The van der Waals surface area contributed by atoms with Crippen LogP contribution in [-0.2, 0) is 35.6 Å². The first-order valence-electron chi connectivity index (χ1n) is 9.59. The van der Waals surface area contributed by atoms with E-state index < -0.39 is 23.6 Å². The molecular weight excluding hydrogens is 437 g/mol. The molecule has 0 unspecified atom stereocenters. The molecule has 30 heavy (non-hydrogen) atoms. The third kappa shape index (κ3) is 5.05. The van der Waals surface area contributed by atoms with Gasteiger partial charge in [0.2, 0.25) is 0 Å². The van der Waals surface area contributed by atoms with Crippen molar-refractivity contribution in [3.8, 4) is 0 Å². The average Bonchev–Trinajstić information content (AvgIpc) is 2.95. The molecule has 2 rings (SSSR count). The topological polar surface area (TPSA) is 114 Å². The Bertz CT molecular complexity index is 831. The van der Waals surface area contributed by atoms with E-state index in [1.165, 1.54) is 11.0 Å². The van der Waals surface area contributed by atoms with Crippen molar-refractivity contribution in [2.75, 3.05) is 18.6 Å². The SMILES string of the molecule is CCOC(=O)C(=NNc1cccc2c1C(=O)N(C(CC)CC)C2=O)C(=O)OCC.[Ni+2]. The van der Waals surface area contributed by atoms with Gasteiger partial charge in [-0.2, -0.15) is 5.10 Å². The number of amides is 2. The Hall–Kier alpha value is -2.74. The summed E-state index contributed by atoms with van der Waals surface area (Å²) in [5, 5.41) is 3.81. The number of nitrogens with one attached hydrogen (secondary N) is 1. The van der Waals surface area contributed by atoms with Gasteiger partial charge in [-0.25, -0.2) is 9.59 Å². The smallest absolute Gasteiger partial charge is 0.461 e.